The normalized spacial score (nSPS) is 13.6. The molecular weight excluding hydrogens is 484 g/mol. The summed E-state index contributed by atoms with van der Waals surface area (Å²) in [5, 5.41) is 13.0. The van der Waals surface area contributed by atoms with E-state index in [2.05, 4.69) is 21.4 Å². The number of nitrogens with one attached hydrogen (secondary N) is 4. The van der Waals surface area contributed by atoms with Gasteiger partial charge in [0.2, 0.25) is 11.8 Å². The molecule has 0 saturated carbocycles. The van der Waals surface area contributed by atoms with E-state index in [0.717, 1.165) is 35.2 Å². The summed E-state index contributed by atoms with van der Waals surface area (Å²) in [6.07, 6.45) is 10.1. The van der Waals surface area contributed by atoms with Crippen molar-refractivity contribution in [3.8, 4) is 0 Å². The van der Waals surface area contributed by atoms with Gasteiger partial charge in [-0.2, -0.15) is 0 Å². The molecule has 1 aliphatic carbocycles. The summed E-state index contributed by atoms with van der Waals surface area (Å²) in [5.41, 5.74) is 15.9. The molecule has 0 bridgehead atoms. The van der Waals surface area contributed by atoms with E-state index in [-0.39, 0.29) is 24.2 Å². The molecule has 2 amide bonds. The van der Waals surface area contributed by atoms with E-state index >= 15 is 0 Å². The minimum atomic E-state index is -0.462. The highest BCUT2D eigenvalue weighted by Gasteiger charge is 2.19. The zero-order chi connectivity index (χ0) is 26.5. The number of aryl methyl sites for hydroxylation is 1. The van der Waals surface area contributed by atoms with Crippen molar-refractivity contribution in [1.29, 1.82) is 5.41 Å². The SMILES string of the molecule is N=C(N)c1ccc(CNC(=O)CNC(=O)C(CCc2ccccc2)NSCC2=CCC=C(N)C=C2)cc1. The molecule has 1 atom stereocenters. The highest BCUT2D eigenvalue weighted by Crippen LogP contribution is 2.14. The van der Waals surface area contributed by atoms with Crippen LogP contribution in [0, 0.1) is 5.41 Å². The van der Waals surface area contributed by atoms with Crippen molar-refractivity contribution in [2.45, 2.75) is 31.8 Å². The third-order valence-electron chi connectivity index (χ3n) is 5.75. The first-order valence-electron chi connectivity index (χ1n) is 12.1. The van der Waals surface area contributed by atoms with Crippen molar-refractivity contribution in [3.05, 3.63) is 107 Å². The Hall–Kier alpha value is -3.82. The number of amides is 2. The second-order valence-electron chi connectivity index (χ2n) is 8.64. The molecule has 3 rings (SSSR count). The van der Waals surface area contributed by atoms with E-state index in [4.69, 9.17) is 16.9 Å². The molecule has 8 nitrogen and oxygen atoms in total. The lowest BCUT2D eigenvalue weighted by Crippen LogP contribution is -2.45. The van der Waals surface area contributed by atoms with Crippen molar-refractivity contribution < 1.29 is 9.59 Å². The predicted octanol–water partition coefficient (Wildman–Crippen LogP) is 2.67. The Kier molecular flexibility index (Phi) is 11.0. The van der Waals surface area contributed by atoms with Crippen molar-refractivity contribution in [1.82, 2.24) is 15.4 Å². The molecule has 1 aliphatic rings. The van der Waals surface area contributed by atoms with Crippen molar-refractivity contribution in [2.75, 3.05) is 12.3 Å². The summed E-state index contributed by atoms with van der Waals surface area (Å²) in [4.78, 5) is 25.3. The summed E-state index contributed by atoms with van der Waals surface area (Å²) in [6.45, 7) is 0.206. The molecule has 0 saturated heterocycles. The maximum Gasteiger partial charge on any atom is 0.239 e. The predicted molar refractivity (Wildman–Crippen MR) is 151 cm³/mol. The molecule has 8 N–H and O–H groups in total. The molecule has 0 aliphatic heterocycles. The van der Waals surface area contributed by atoms with Crippen LogP contribution in [0.2, 0.25) is 0 Å². The third-order valence-corrected chi connectivity index (χ3v) is 6.68. The number of allylic oxidation sites excluding steroid dienone is 4. The number of nitrogen functional groups attached to an aromatic ring is 1. The minimum absolute atomic E-state index is 0.00368. The fraction of sp³-hybridized carbons (Fsp3) is 0.250. The van der Waals surface area contributed by atoms with Crippen molar-refractivity contribution in [2.24, 2.45) is 11.5 Å². The highest BCUT2D eigenvalue weighted by molar-refractivity contribution is 7.97. The molecule has 37 heavy (non-hydrogen) atoms. The monoisotopic (exact) mass is 518 g/mol. The van der Waals surface area contributed by atoms with Gasteiger partial charge >= 0.3 is 0 Å². The first-order valence-corrected chi connectivity index (χ1v) is 13.1. The van der Waals surface area contributed by atoms with Gasteiger partial charge in [0.1, 0.15) is 5.84 Å². The van der Waals surface area contributed by atoms with Crippen LogP contribution in [0.4, 0.5) is 0 Å². The van der Waals surface area contributed by atoms with Crippen LogP contribution < -0.4 is 26.8 Å². The van der Waals surface area contributed by atoms with Gasteiger partial charge in [-0.15, -0.1) is 0 Å². The fourth-order valence-corrected chi connectivity index (χ4v) is 4.46. The summed E-state index contributed by atoms with van der Waals surface area (Å²) in [6, 6.07) is 16.6. The number of hydrogen-bond donors (Lipinski definition) is 6. The van der Waals surface area contributed by atoms with E-state index in [9.17, 15) is 9.59 Å². The van der Waals surface area contributed by atoms with Gasteiger partial charge < -0.3 is 22.1 Å². The molecule has 194 valence electrons. The first-order chi connectivity index (χ1) is 17.9. The van der Waals surface area contributed by atoms with E-state index in [1.165, 1.54) is 11.9 Å². The lowest BCUT2D eigenvalue weighted by Gasteiger charge is -2.18. The van der Waals surface area contributed by atoms with Crippen molar-refractivity contribution >= 4 is 29.6 Å². The van der Waals surface area contributed by atoms with E-state index in [1.54, 1.807) is 24.3 Å². The Morgan fingerprint density at radius 3 is 2.46 bits per heavy atom. The standard InChI is InChI=1S/C28H34N6O2S/c29-24-8-4-7-22(11-15-24)19-37-34-25(16-12-20-5-2-1-3-6-20)28(36)33-18-26(35)32-17-21-9-13-23(14-10-21)27(30)31/h1-3,5-11,13-15,25,34H,4,12,16-19,29H2,(H3,30,31)(H,32,35)(H,33,36). The van der Waals surface area contributed by atoms with Crippen LogP contribution in [-0.4, -0.2) is 36.0 Å². The van der Waals surface area contributed by atoms with Crippen LogP contribution in [0.25, 0.3) is 0 Å². The Balaban J connectivity index is 1.49. The first kappa shape index (κ1) is 27.8. The fourth-order valence-electron chi connectivity index (χ4n) is 3.57. The Labute approximate surface area is 222 Å². The van der Waals surface area contributed by atoms with E-state index in [1.807, 2.05) is 48.6 Å². The third kappa shape index (κ3) is 9.98. The summed E-state index contributed by atoms with van der Waals surface area (Å²) >= 11 is 1.47. The number of nitrogens with two attached hydrogens (primary N) is 2. The molecule has 0 fully saturated rings. The largest absolute Gasteiger partial charge is 0.399 e. The minimum Gasteiger partial charge on any atom is -0.399 e. The molecule has 0 radical (unpaired) electrons. The van der Waals surface area contributed by atoms with Gasteiger partial charge in [0.05, 0.1) is 12.6 Å². The second-order valence-corrected chi connectivity index (χ2v) is 9.45. The van der Waals surface area contributed by atoms with Gasteiger partial charge in [0, 0.05) is 23.6 Å². The average molecular weight is 519 g/mol. The zero-order valence-electron chi connectivity index (χ0n) is 20.7. The van der Waals surface area contributed by atoms with Gasteiger partial charge in [0.15, 0.2) is 0 Å². The van der Waals surface area contributed by atoms with Crippen LogP contribution in [-0.2, 0) is 22.6 Å². The number of amidine groups is 1. The van der Waals surface area contributed by atoms with E-state index in [0.29, 0.717) is 24.3 Å². The Bertz CT molecular complexity index is 1160. The van der Waals surface area contributed by atoms with Crippen LogP contribution >= 0.6 is 11.9 Å². The average Bonchev–Trinajstić information content (AvgIpc) is 3.12. The Morgan fingerprint density at radius 1 is 0.973 bits per heavy atom. The number of rotatable bonds is 13. The van der Waals surface area contributed by atoms with Gasteiger partial charge in [-0.3, -0.25) is 19.7 Å². The number of benzene rings is 2. The molecule has 0 spiro atoms. The van der Waals surface area contributed by atoms with Gasteiger partial charge in [0.25, 0.3) is 0 Å². The van der Waals surface area contributed by atoms with Crippen molar-refractivity contribution in [3.63, 3.8) is 0 Å². The Morgan fingerprint density at radius 2 is 1.73 bits per heavy atom. The number of hydrogen-bond acceptors (Lipinski definition) is 6. The maximum atomic E-state index is 13.0. The lowest BCUT2D eigenvalue weighted by atomic mass is 10.1. The van der Waals surface area contributed by atoms with Gasteiger partial charge in [-0.25, -0.2) is 0 Å². The molecule has 2 aromatic rings. The number of carbonyl (C=O) groups is 2. The number of carbonyl (C=O) groups excluding carboxylic acids is 2. The molecule has 0 aromatic heterocycles. The van der Waals surface area contributed by atoms with Gasteiger partial charge in [-0.05, 0) is 42.0 Å². The maximum absolute atomic E-state index is 13.0. The van der Waals surface area contributed by atoms with Crippen LogP contribution in [0.15, 0.2) is 90.2 Å². The quantitative estimate of drug-likeness (QED) is 0.137. The van der Waals surface area contributed by atoms with Crippen LogP contribution in [0.5, 0.6) is 0 Å². The smallest absolute Gasteiger partial charge is 0.239 e. The molecule has 0 heterocycles. The summed E-state index contributed by atoms with van der Waals surface area (Å²) in [7, 11) is 0. The van der Waals surface area contributed by atoms with Gasteiger partial charge in [-0.1, -0.05) is 84.8 Å². The summed E-state index contributed by atoms with van der Waals surface area (Å²) < 4.78 is 3.29. The molecular formula is C28H34N6O2S. The summed E-state index contributed by atoms with van der Waals surface area (Å²) in [5.74, 6) is 0.185. The van der Waals surface area contributed by atoms with Crippen LogP contribution in [0.3, 0.4) is 0 Å². The zero-order valence-corrected chi connectivity index (χ0v) is 21.5. The van der Waals surface area contributed by atoms with Crippen LogP contribution in [0.1, 0.15) is 29.5 Å². The molecule has 9 heteroatoms. The molecule has 1 unspecified atom stereocenters. The molecule has 2 aromatic carbocycles. The van der Waals surface area contributed by atoms with E-state index < -0.39 is 6.04 Å². The highest BCUT2D eigenvalue weighted by atomic mass is 32.2. The second kappa shape index (κ2) is 14.7. The lowest BCUT2D eigenvalue weighted by molar-refractivity contribution is -0.127. The topological polar surface area (TPSA) is 146 Å².